The number of sulfonamides is 1. The Bertz CT molecular complexity index is 976. The van der Waals surface area contributed by atoms with Crippen molar-refractivity contribution in [1.29, 1.82) is 0 Å². The van der Waals surface area contributed by atoms with Crippen LogP contribution in [0, 0.1) is 6.92 Å². The Kier molecular flexibility index (Phi) is 6.95. The Morgan fingerprint density at radius 2 is 1.90 bits per heavy atom. The number of hydrogen-bond donors (Lipinski definition) is 3. The van der Waals surface area contributed by atoms with Gasteiger partial charge in [0, 0.05) is 24.7 Å². The van der Waals surface area contributed by atoms with E-state index in [2.05, 4.69) is 15.6 Å². The highest BCUT2D eigenvalue weighted by Gasteiger charge is 2.12. The molecule has 0 bridgehead atoms. The number of primary sulfonamides is 1. The largest absolute Gasteiger partial charge is 0.490 e. The Morgan fingerprint density at radius 3 is 2.66 bits per heavy atom. The highest BCUT2D eigenvalue weighted by atomic mass is 32.2. The van der Waals surface area contributed by atoms with E-state index < -0.39 is 10.0 Å². The van der Waals surface area contributed by atoms with Crippen molar-refractivity contribution in [3.05, 3.63) is 53.6 Å². The first kappa shape index (κ1) is 20.9. The van der Waals surface area contributed by atoms with E-state index in [1.54, 1.807) is 0 Å². The first-order chi connectivity index (χ1) is 13.9. The predicted molar refractivity (Wildman–Crippen MR) is 114 cm³/mol. The highest BCUT2D eigenvalue weighted by Crippen LogP contribution is 2.32. The summed E-state index contributed by atoms with van der Waals surface area (Å²) >= 11 is 0. The van der Waals surface area contributed by atoms with Crippen LogP contribution in [0.4, 0.5) is 5.69 Å². The third-order valence-electron chi connectivity index (χ3n) is 4.36. The second-order valence-electron chi connectivity index (χ2n) is 6.72. The van der Waals surface area contributed by atoms with E-state index in [-0.39, 0.29) is 12.3 Å². The van der Waals surface area contributed by atoms with Gasteiger partial charge in [0.05, 0.1) is 25.5 Å². The molecule has 0 spiro atoms. The quantitative estimate of drug-likeness (QED) is 0.488. The molecule has 156 valence electrons. The molecule has 0 amide bonds. The van der Waals surface area contributed by atoms with Crippen LogP contribution in [0.15, 0.2) is 47.5 Å². The van der Waals surface area contributed by atoms with Gasteiger partial charge in [-0.15, -0.1) is 0 Å². The molecule has 8 nitrogen and oxygen atoms in total. The van der Waals surface area contributed by atoms with Crippen LogP contribution in [0.5, 0.6) is 11.5 Å². The van der Waals surface area contributed by atoms with Crippen molar-refractivity contribution >= 4 is 21.7 Å². The fourth-order valence-electron chi connectivity index (χ4n) is 2.78. The van der Waals surface area contributed by atoms with Gasteiger partial charge in [-0.25, -0.2) is 18.5 Å². The summed E-state index contributed by atoms with van der Waals surface area (Å²) in [7, 11) is -3.56. The van der Waals surface area contributed by atoms with Crippen molar-refractivity contribution < 1.29 is 17.9 Å². The van der Waals surface area contributed by atoms with Crippen molar-refractivity contribution in [2.24, 2.45) is 10.1 Å². The van der Waals surface area contributed by atoms with Crippen molar-refractivity contribution in [3.8, 4) is 11.5 Å². The zero-order valence-electron chi connectivity index (χ0n) is 16.3. The zero-order valence-corrected chi connectivity index (χ0v) is 17.2. The standard InChI is InChI=1S/C20H26N4O4S/c1-15-5-2-3-6-16(15)14-23-20(22-9-12-29(21,25)26)24-17-7-8-18-19(13-17)28-11-4-10-27-18/h2-3,5-8,13H,4,9-12,14H2,1H3,(H2,21,25,26)(H2,22,23,24). The summed E-state index contributed by atoms with van der Waals surface area (Å²) in [6, 6.07) is 13.5. The number of guanidine groups is 1. The van der Waals surface area contributed by atoms with Crippen molar-refractivity contribution in [2.75, 3.05) is 30.8 Å². The molecule has 0 fully saturated rings. The molecule has 9 heteroatoms. The molecule has 1 aliphatic heterocycles. The van der Waals surface area contributed by atoms with Crippen LogP contribution in [-0.4, -0.2) is 39.9 Å². The van der Waals surface area contributed by atoms with Crippen LogP contribution in [0.2, 0.25) is 0 Å². The maximum Gasteiger partial charge on any atom is 0.210 e. The van der Waals surface area contributed by atoms with Crippen LogP contribution >= 0.6 is 0 Å². The molecule has 0 aromatic heterocycles. The van der Waals surface area contributed by atoms with Gasteiger partial charge in [-0.1, -0.05) is 24.3 Å². The number of aryl methyl sites for hydroxylation is 1. The topological polar surface area (TPSA) is 115 Å². The molecule has 0 aliphatic carbocycles. The summed E-state index contributed by atoms with van der Waals surface area (Å²) in [6.45, 7) is 3.83. The summed E-state index contributed by atoms with van der Waals surface area (Å²) in [5, 5.41) is 11.3. The normalized spacial score (nSPS) is 14.2. The first-order valence-corrected chi connectivity index (χ1v) is 11.1. The van der Waals surface area contributed by atoms with Gasteiger partial charge in [0.25, 0.3) is 0 Å². The Morgan fingerprint density at radius 1 is 1.14 bits per heavy atom. The Balaban J connectivity index is 1.76. The molecule has 2 aromatic rings. The molecule has 3 rings (SSSR count). The third-order valence-corrected chi connectivity index (χ3v) is 5.13. The fourth-order valence-corrected chi connectivity index (χ4v) is 3.17. The van der Waals surface area contributed by atoms with Gasteiger partial charge >= 0.3 is 0 Å². The van der Waals surface area contributed by atoms with Crippen molar-refractivity contribution in [3.63, 3.8) is 0 Å². The number of ether oxygens (including phenoxy) is 2. The lowest BCUT2D eigenvalue weighted by Crippen LogP contribution is -2.36. The van der Waals surface area contributed by atoms with Gasteiger partial charge in [0.2, 0.25) is 10.0 Å². The molecular formula is C20H26N4O4S. The number of fused-ring (bicyclic) bond motifs is 1. The van der Waals surface area contributed by atoms with Gasteiger partial charge in [-0.3, -0.25) is 0 Å². The number of nitrogens with two attached hydrogens (primary N) is 1. The summed E-state index contributed by atoms with van der Waals surface area (Å²) < 4.78 is 33.8. The third kappa shape index (κ3) is 6.65. The lowest BCUT2D eigenvalue weighted by Gasteiger charge is -2.14. The highest BCUT2D eigenvalue weighted by molar-refractivity contribution is 7.89. The van der Waals surface area contributed by atoms with Crippen LogP contribution in [0.3, 0.4) is 0 Å². The average Bonchev–Trinajstić information content (AvgIpc) is 2.91. The monoisotopic (exact) mass is 418 g/mol. The van der Waals surface area contributed by atoms with E-state index in [0.29, 0.717) is 37.2 Å². The van der Waals surface area contributed by atoms with Crippen molar-refractivity contribution in [2.45, 2.75) is 19.9 Å². The van der Waals surface area contributed by atoms with E-state index in [4.69, 9.17) is 14.6 Å². The average molecular weight is 419 g/mol. The summed E-state index contributed by atoms with van der Waals surface area (Å²) in [4.78, 5) is 4.59. The second kappa shape index (κ2) is 9.62. The minimum Gasteiger partial charge on any atom is -0.490 e. The fraction of sp³-hybridized carbons (Fsp3) is 0.350. The maximum absolute atomic E-state index is 11.2. The minimum absolute atomic E-state index is 0.142. The number of anilines is 1. The van der Waals surface area contributed by atoms with E-state index in [1.165, 1.54) is 0 Å². The Hall–Kier alpha value is -2.78. The number of nitrogens with one attached hydrogen (secondary N) is 2. The van der Waals surface area contributed by atoms with E-state index in [0.717, 1.165) is 23.2 Å². The number of hydrogen-bond acceptors (Lipinski definition) is 5. The number of nitrogens with zero attached hydrogens (tertiary/aromatic N) is 1. The summed E-state index contributed by atoms with van der Waals surface area (Å²) in [5.74, 6) is 1.62. The Labute approximate surface area is 171 Å². The lowest BCUT2D eigenvalue weighted by atomic mass is 10.1. The van der Waals surface area contributed by atoms with Crippen LogP contribution in [-0.2, 0) is 16.6 Å². The van der Waals surface area contributed by atoms with Gasteiger partial charge in [-0.05, 0) is 30.2 Å². The molecule has 1 heterocycles. The molecule has 0 atom stereocenters. The van der Waals surface area contributed by atoms with Gasteiger partial charge < -0.3 is 20.1 Å². The van der Waals surface area contributed by atoms with E-state index in [1.807, 2.05) is 49.4 Å². The first-order valence-electron chi connectivity index (χ1n) is 9.41. The molecule has 0 saturated heterocycles. The van der Waals surface area contributed by atoms with Crippen LogP contribution in [0.1, 0.15) is 17.5 Å². The molecule has 4 N–H and O–H groups in total. The molecule has 1 aliphatic rings. The van der Waals surface area contributed by atoms with Gasteiger partial charge in [0.1, 0.15) is 0 Å². The summed E-state index contributed by atoms with van der Waals surface area (Å²) in [6.07, 6.45) is 0.829. The number of rotatable bonds is 6. The van der Waals surface area contributed by atoms with Crippen molar-refractivity contribution in [1.82, 2.24) is 5.32 Å². The maximum atomic E-state index is 11.2. The van der Waals surface area contributed by atoms with Crippen LogP contribution in [0.25, 0.3) is 0 Å². The molecular weight excluding hydrogens is 392 g/mol. The smallest absolute Gasteiger partial charge is 0.210 e. The molecule has 0 unspecified atom stereocenters. The second-order valence-corrected chi connectivity index (χ2v) is 8.46. The van der Waals surface area contributed by atoms with E-state index in [9.17, 15) is 8.42 Å². The predicted octanol–water partition coefficient (Wildman–Crippen LogP) is 2.00. The zero-order chi connectivity index (χ0) is 20.7. The molecule has 0 radical (unpaired) electrons. The molecule has 2 aromatic carbocycles. The number of aliphatic imine (C=N–C) groups is 1. The van der Waals surface area contributed by atoms with E-state index >= 15 is 0 Å². The molecule has 29 heavy (non-hydrogen) atoms. The van der Waals surface area contributed by atoms with Crippen LogP contribution < -0.4 is 25.2 Å². The lowest BCUT2D eigenvalue weighted by molar-refractivity contribution is 0.297. The number of benzene rings is 2. The van der Waals surface area contributed by atoms with Gasteiger partial charge in [0.15, 0.2) is 17.5 Å². The minimum atomic E-state index is -3.56. The molecule has 0 saturated carbocycles. The van der Waals surface area contributed by atoms with Gasteiger partial charge in [-0.2, -0.15) is 0 Å². The SMILES string of the molecule is Cc1ccccc1CN=C(NCCS(N)(=O)=O)Nc1ccc2c(c1)OCCCO2. The summed E-state index contributed by atoms with van der Waals surface area (Å²) in [5.41, 5.74) is 2.97.